The van der Waals surface area contributed by atoms with E-state index >= 15 is 0 Å². The largest absolute Gasteiger partial charge is 0.483 e. The Labute approximate surface area is 209 Å². The second-order valence-corrected chi connectivity index (χ2v) is 9.27. The zero-order valence-corrected chi connectivity index (χ0v) is 20.3. The summed E-state index contributed by atoms with van der Waals surface area (Å²) in [5.41, 5.74) is 0.146. The zero-order valence-electron chi connectivity index (χ0n) is 20.3. The Kier molecular flexibility index (Phi) is 8.65. The normalized spacial score (nSPS) is 20.3. The Bertz CT molecular complexity index is 1020. The van der Waals surface area contributed by atoms with Crippen molar-refractivity contribution < 1.29 is 28.7 Å². The lowest BCUT2D eigenvalue weighted by Gasteiger charge is -2.27. The summed E-state index contributed by atoms with van der Waals surface area (Å²) in [4.78, 5) is 65.2. The van der Waals surface area contributed by atoms with Crippen LogP contribution in [0.25, 0.3) is 0 Å². The van der Waals surface area contributed by atoms with Crippen LogP contribution in [0.1, 0.15) is 59.2 Å². The maximum Gasteiger partial charge on any atom is 0.266 e. The van der Waals surface area contributed by atoms with Gasteiger partial charge in [0.1, 0.15) is 11.8 Å². The third kappa shape index (κ3) is 6.08. The first-order chi connectivity index (χ1) is 17.5. The van der Waals surface area contributed by atoms with Crippen LogP contribution in [0.5, 0.6) is 5.75 Å². The number of nitrogens with zero attached hydrogens (tertiary/aromatic N) is 2. The van der Waals surface area contributed by atoms with Crippen LogP contribution in [0.3, 0.4) is 0 Å². The van der Waals surface area contributed by atoms with Crippen molar-refractivity contribution in [2.45, 2.75) is 44.6 Å². The number of amides is 5. The van der Waals surface area contributed by atoms with E-state index in [0.29, 0.717) is 6.54 Å². The van der Waals surface area contributed by atoms with E-state index in [1.165, 1.54) is 12.1 Å². The van der Waals surface area contributed by atoms with Crippen molar-refractivity contribution >= 4 is 29.5 Å². The van der Waals surface area contributed by atoms with E-state index < -0.39 is 29.7 Å². The molecule has 0 spiro atoms. The second kappa shape index (κ2) is 12.1. The smallest absolute Gasteiger partial charge is 0.266 e. The van der Waals surface area contributed by atoms with Gasteiger partial charge in [0.05, 0.1) is 11.1 Å². The summed E-state index contributed by atoms with van der Waals surface area (Å²) >= 11 is 0. The topological polar surface area (TPSA) is 137 Å². The number of unbranched alkanes of at least 4 members (excludes halogenated alkanes) is 3. The lowest BCUT2D eigenvalue weighted by molar-refractivity contribution is -0.136. The van der Waals surface area contributed by atoms with E-state index in [1.807, 2.05) is 0 Å². The predicted molar refractivity (Wildman–Crippen MR) is 129 cm³/mol. The number of rotatable bonds is 11. The molecule has 4 rings (SSSR count). The van der Waals surface area contributed by atoms with Gasteiger partial charge in [0, 0.05) is 39.1 Å². The molecular formula is C25H33N5O6. The molecule has 1 unspecified atom stereocenters. The van der Waals surface area contributed by atoms with Crippen LogP contribution in [0.15, 0.2) is 18.2 Å². The Morgan fingerprint density at radius 3 is 2.58 bits per heavy atom. The monoisotopic (exact) mass is 499 g/mol. The van der Waals surface area contributed by atoms with Gasteiger partial charge in [-0.05, 0) is 37.9 Å². The van der Waals surface area contributed by atoms with Crippen LogP contribution in [-0.4, -0.2) is 91.3 Å². The molecule has 3 aliphatic rings. The maximum absolute atomic E-state index is 13.1. The number of nitrogens with one attached hydrogen (secondary N) is 3. The van der Waals surface area contributed by atoms with Crippen LogP contribution in [0.4, 0.5) is 0 Å². The number of piperidine rings is 1. The molecule has 1 atom stereocenters. The highest BCUT2D eigenvalue weighted by Gasteiger charge is 2.46. The Morgan fingerprint density at radius 2 is 1.81 bits per heavy atom. The molecule has 3 aliphatic heterocycles. The second-order valence-electron chi connectivity index (χ2n) is 9.27. The molecule has 0 aliphatic carbocycles. The van der Waals surface area contributed by atoms with Gasteiger partial charge in [-0.2, -0.15) is 0 Å². The number of carbonyl (C=O) groups excluding carboxylic acids is 5. The molecule has 1 aromatic rings. The number of fused-ring (bicyclic) bond motifs is 1. The Balaban J connectivity index is 1.21. The van der Waals surface area contributed by atoms with Gasteiger partial charge in [-0.15, -0.1) is 0 Å². The summed E-state index contributed by atoms with van der Waals surface area (Å²) in [6, 6.07) is 3.51. The molecule has 2 saturated heterocycles. The van der Waals surface area contributed by atoms with E-state index in [9.17, 15) is 24.0 Å². The van der Waals surface area contributed by atoms with E-state index in [-0.39, 0.29) is 42.2 Å². The van der Waals surface area contributed by atoms with Crippen molar-refractivity contribution in [1.29, 1.82) is 0 Å². The fraction of sp³-hybridized carbons (Fsp3) is 0.560. The first kappa shape index (κ1) is 25.8. The molecule has 1 aromatic carbocycles. The molecule has 11 heteroatoms. The van der Waals surface area contributed by atoms with Gasteiger partial charge in [0.2, 0.25) is 11.8 Å². The molecule has 2 fully saturated rings. The minimum Gasteiger partial charge on any atom is -0.483 e. The van der Waals surface area contributed by atoms with Gasteiger partial charge in [-0.25, -0.2) is 0 Å². The fourth-order valence-corrected chi connectivity index (χ4v) is 4.78. The minimum atomic E-state index is -1.05. The van der Waals surface area contributed by atoms with Gasteiger partial charge < -0.3 is 20.3 Å². The van der Waals surface area contributed by atoms with Crippen molar-refractivity contribution in [2.24, 2.45) is 0 Å². The molecule has 0 aromatic heterocycles. The Hall–Kier alpha value is -3.31. The van der Waals surface area contributed by atoms with Crippen molar-refractivity contribution in [2.75, 3.05) is 45.9 Å². The molecule has 0 radical (unpaired) electrons. The number of imide groups is 2. The number of carbonyl (C=O) groups is 5. The van der Waals surface area contributed by atoms with Crippen molar-refractivity contribution in [3.05, 3.63) is 29.3 Å². The van der Waals surface area contributed by atoms with E-state index in [2.05, 4.69) is 20.9 Å². The molecular weight excluding hydrogens is 466 g/mol. The summed E-state index contributed by atoms with van der Waals surface area (Å²) in [5, 5.41) is 8.34. The lowest BCUT2D eigenvalue weighted by atomic mass is 10.0. The number of piperazine rings is 1. The molecule has 0 saturated carbocycles. The van der Waals surface area contributed by atoms with Crippen LogP contribution < -0.4 is 20.7 Å². The SMILES string of the molecule is O=C(COc1cccc2c1C(=O)N(C1CCC(=O)NC1=O)C2=O)NCCCCCCN1CCNCC1. The highest BCUT2D eigenvalue weighted by molar-refractivity contribution is 6.24. The van der Waals surface area contributed by atoms with E-state index in [4.69, 9.17) is 4.74 Å². The van der Waals surface area contributed by atoms with E-state index in [1.54, 1.807) is 6.07 Å². The maximum atomic E-state index is 13.1. The van der Waals surface area contributed by atoms with Crippen LogP contribution in [0.2, 0.25) is 0 Å². The highest BCUT2D eigenvalue weighted by Crippen LogP contribution is 2.33. The summed E-state index contributed by atoms with van der Waals surface area (Å²) in [7, 11) is 0. The zero-order chi connectivity index (χ0) is 25.5. The minimum absolute atomic E-state index is 0.0319. The molecule has 0 bridgehead atoms. The van der Waals surface area contributed by atoms with Gasteiger partial charge in [-0.3, -0.25) is 34.2 Å². The summed E-state index contributed by atoms with van der Waals surface area (Å²) in [6.07, 6.45) is 4.30. The average Bonchev–Trinajstić information content (AvgIpc) is 3.13. The van der Waals surface area contributed by atoms with Crippen LogP contribution >= 0.6 is 0 Å². The first-order valence-corrected chi connectivity index (χ1v) is 12.6. The third-order valence-corrected chi connectivity index (χ3v) is 6.72. The quantitative estimate of drug-likeness (QED) is 0.287. The highest BCUT2D eigenvalue weighted by atomic mass is 16.5. The number of hydrogen-bond donors (Lipinski definition) is 3. The van der Waals surface area contributed by atoms with Crippen molar-refractivity contribution in [3.63, 3.8) is 0 Å². The molecule has 3 heterocycles. The Morgan fingerprint density at radius 1 is 1.03 bits per heavy atom. The molecule has 3 N–H and O–H groups in total. The summed E-state index contributed by atoms with van der Waals surface area (Å²) in [6.45, 7) is 5.70. The average molecular weight is 500 g/mol. The van der Waals surface area contributed by atoms with Gasteiger partial charge in [0.25, 0.3) is 17.7 Å². The molecule has 11 nitrogen and oxygen atoms in total. The van der Waals surface area contributed by atoms with Crippen LogP contribution in [-0.2, 0) is 14.4 Å². The fourth-order valence-electron chi connectivity index (χ4n) is 4.78. The van der Waals surface area contributed by atoms with Crippen molar-refractivity contribution in [1.82, 2.24) is 25.8 Å². The first-order valence-electron chi connectivity index (χ1n) is 12.6. The molecule has 36 heavy (non-hydrogen) atoms. The predicted octanol–water partition coefficient (Wildman–Crippen LogP) is 0.0484. The van der Waals surface area contributed by atoms with Gasteiger partial charge >= 0.3 is 0 Å². The summed E-state index contributed by atoms with van der Waals surface area (Å²) < 4.78 is 5.59. The van der Waals surface area contributed by atoms with Crippen LogP contribution in [0, 0.1) is 0 Å². The number of ether oxygens (including phenoxy) is 1. The van der Waals surface area contributed by atoms with E-state index in [0.717, 1.165) is 63.3 Å². The third-order valence-electron chi connectivity index (χ3n) is 6.72. The lowest BCUT2D eigenvalue weighted by Crippen LogP contribution is -2.54. The van der Waals surface area contributed by atoms with Crippen molar-refractivity contribution in [3.8, 4) is 5.75 Å². The number of hydrogen-bond acceptors (Lipinski definition) is 8. The standard InChI is InChI=1S/C25H33N5O6/c31-20-9-8-18(23(33)28-20)30-24(34)17-6-5-7-19(22(17)25(30)35)36-16-21(32)27-10-3-1-2-4-13-29-14-11-26-12-15-29/h5-7,18,26H,1-4,8-16H2,(H,27,32)(H,28,31,33). The molecule has 5 amide bonds. The van der Waals surface area contributed by atoms with Gasteiger partial charge in [-0.1, -0.05) is 18.9 Å². The molecule has 194 valence electrons. The summed E-state index contributed by atoms with van der Waals surface area (Å²) in [5.74, 6) is -2.59. The van der Waals surface area contributed by atoms with Gasteiger partial charge in [0.15, 0.2) is 6.61 Å². The number of benzene rings is 1.